The van der Waals surface area contributed by atoms with Crippen LogP contribution in [-0.2, 0) is 4.79 Å². The first kappa shape index (κ1) is 27.8. The summed E-state index contributed by atoms with van der Waals surface area (Å²) < 4.78 is 12.5. The molecular formula is C36H43NO4. The van der Waals surface area contributed by atoms with Crippen molar-refractivity contribution in [3.8, 4) is 11.5 Å². The average Bonchev–Trinajstić information content (AvgIpc) is 3.18. The van der Waals surface area contributed by atoms with E-state index >= 15 is 0 Å². The molecule has 5 nitrogen and oxygen atoms in total. The molecule has 1 heterocycles. The van der Waals surface area contributed by atoms with E-state index in [1.54, 1.807) is 18.2 Å². The summed E-state index contributed by atoms with van der Waals surface area (Å²) in [6.07, 6.45) is 14.6. The fourth-order valence-corrected chi connectivity index (χ4v) is 7.98. The van der Waals surface area contributed by atoms with Crippen LogP contribution in [0.15, 0.2) is 48.6 Å². The number of nitrogens with zero attached hydrogens (tertiary/aromatic N) is 1. The SMILES string of the molecule is CCN(CC)c1ccc(C=CC(=O)c2ccc(OC(=O)C3C4CCCC5CC3CC5C4)c3c2OC(C)(C)C=C3)cc1. The summed E-state index contributed by atoms with van der Waals surface area (Å²) in [6.45, 7) is 10.1. The highest BCUT2D eigenvalue weighted by atomic mass is 16.5. The van der Waals surface area contributed by atoms with Crippen molar-refractivity contribution >= 4 is 29.6 Å². The molecule has 3 saturated carbocycles. The molecule has 3 bridgehead atoms. The Labute approximate surface area is 244 Å². The maximum atomic E-state index is 13.7. The number of ketones is 1. The highest BCUT2D eigenvalue weighted by molar-refractivity contribution is 6.09. The van der Waals surface area contributed by atoms with E-state index in [1.165, 1.54) is 37.8 Å². The van der Waals surface area contributed by atoms with Crippen molar-refractivity contribution in [2.45, 2.75) is 71.8 Å². The second-order valence-corrected chi connectivity index (χ2v) is 13.0. The molecule has 3 aliphatic carbocycles. The van der Waals surface area contributed by atoms with E-state index in [4.69, 9.17) is 9.47 Å². The minimum atomic E-state index is -0.575. The van der Waals surface area contributed by atoms with Gasteiger partial charge >= 0.3 is 5.97 Å². The van der Waals surface area contributed by atoms with Gasteiger partial charge in [-0.3, -0.25) is 9.59 Å². The van der Waals surface area contributed by atoms with Crippen LogP contribution in [-0.4, -0.2) is 30.4 Å². The van der Waals surface area contributed by atoms with Gasteiger partial charge in [-0.15, -0.1) is 0 Å². The van der Waals surface area contributed by atoms with E-state index in [1.807, 2.05) is 44.2 Å². The van der Waals surface area contributed by atoms with Gasteiger partial charge in [0, 0.05) is 18.8 Å². The zero-order valence-electron chi connectivity index (χ0n) is 24.9. The molecule has 5 atom stereocenters. The van der Waals surface area contributed by atoms with Crippen LogP contribution >= 0.6 is 0 Å². The number of allylic oxidation sites excluding steroid dienone is 1. The lowest BCUT2D eigenvalue weighted by molar-refractivity contribution is -0.144. The van der Waals surface area contributed by atoms with Crippen molar-refractivity contribution in [2.24, 2.45) is 29.6 Å². The molecule has 3 fully saturated rings. The molecule has 2 aromatic rings. The van der Waals surface area contributed by atoms with Crippen LogP contribution in [0.5, 0.6) is 11.5 Å². The third kappa shape index (κ3) is 5.48. The topological polar surface area (TPSA) is 55.8 Å². The van der Waals surface area contributed by atoms with Crippen molar-refractivity contribution in [3.63, 3.8) is 0 Å². The number of fused-ring (bicyclic) bond motifs is 3. The van der Waals surface area contributed by atoms with E-state index < -0.39 is 5.60 Å². The monoisotopic (exact) mass is 553 g/mol. The molecule has 0 saturated heterocycles. The Morgan fingerprint density at radius 1 is 0.951 bits per heavy atom. The van der Waals surface area contributed by atoms with E-state index in [-0.39, 0.29) is 17.7 Å². The van der Waals surface area contributed by atoms with Crippen molar-refractivity contribution in [2.75, 3.05) is 18.0 Å². The summed E-state index contributed by atoms with van der Waals surface area (Å²) in [7, 11) is 0. The Hall–Kier alpha value is -3.34. The molecule has 0 amide bonds. The second kappa shape index (κ2) is 11.2. The number of ether oxygens (including phenoxy) is 2. The van der Waals surface area contributed by atoms with Gasteiger partial charge < -0.3 is 14.4 Å². The zero-order valence-corrected chi connectivity index (χ0v) is 24.9. The zero-order chi connectivity index (χ0) is 28.7. The Morgan fingerprint density at radius 2 is 1.66 bits per heavy atom. The molecule has 1 aliphatic heterocycles. The predicted molar refractivity (Wildman–Crippen MR) is 164 cm³/mol. The predicted octanol–water partition coefficient (Wildman–Crippen LogP) is 7.98. The van der Waals surface area contributed by atoms with Crippen LogP contribution in [0.3, 0.4) is 0 Å². The fourth-order valence-electron chi connectivity index (χ4n) is 7.98. The van der Waals surface area contributed by atoms with Gasteiger partial charge in [0.05, 0.1) is 17.0 Å². The molecular weight excluding hydrogens is 510 g/mol. The average molecular weight is 554 g/mol. The Bertz CT molecular complexity index is 1370. The lowest BCUT2D eigenvalue weighted by Gasteiger charge is -2.35. The third-order valence-corrected chi connectivity index (χ3v) is 10.0. The van der Waals surface area contributed by atoms with Crippen molar-refractivity contribution in [1.29, 1.82) is 0 Å². The fraction of sp³-hybridized carbons (Fsp3) is 0.500. The lowest BCUT2D eigenvalue weighted by Crippen LogP contribution is -2.36. The second-order valence-electron chi connectivity index (χ2n) is 13.0. The quantitative estimate of drug-likeness (QED) is 0.144. The number of anilines is 1. The molecule has 2 aromatic carbocycles. The summed E-state index contributed by atoms with van der Waals surface area (Å²) in [5, 5.41) is 0. The van der Waals surface area contributed by atoms with Gasteiger partial charge in [-0.25, -0.2) is 0 Å². The third-order valence-electron chi connectivity index (χ3n) is 10.0. The van der Waals surface area contributed by atoms with E-state index in [0.29, 0.717) is 34.5 Å². The first-order chi connectivity index (χ1) is 19.8. The lowest BCUT2D eigenvalue weighted by atomic mass is 9.71. The van der Waals surface area contributed by atoms with Gasteiger partial charge in [0.1, 0.15) is 17.1 Å². The van der Waals surface area contributed by atoms with Crippen LogP contribution in [0, 0.1) is 29.6 Å². The highest BCUT2D eigenvalue weighted by Gasteiger charge is 2.51. The molecule has 5 heteroatoms. The van der Waals surface area contributed by atoms with Crippen LogP contribution in [0.25, 0.3) is 12.2 Å². The smallest absolute Gasteiger partial charge is 0.314 e. The summed E-state index contributed by atoms with van der Waals surface area (Å²) >= 11 is 0. The molecule has 216 valence electrons. The van der Waals surface area contributed by atoms with E-state index in [9.17, 15) is 9.59 Å². The number of hydrogen-bond donors (Lipinski definition) is 0. The van der Waals surface area contributed by atoms with Crippen LogP contribution in [0.1, 0.15) is 87.7 Å². The van der Waals surface area contributed by atoms with Gasteiger partial charge in [0.25, 0.3) is 0 Å². The number of benzene rings is 2. The molecule has 0 radical (unpaired) electrons. The Kier molecular flexibility index (Phi) is 7.56. The number of carbonyl (C=O) groups is 2. The van der Waals surface area contributed by atoms with Crippen LogP contribution in [0.4, 0.5) is 5.69 Å². The molecule has 0 aromatic heterocycles. The maximum absolute atomic E-state index is 13.7. The van der Waals surface area contributed by atoms with Gasteiger partial charge in [-0.2, -0.15) is 0 Å². The molecule has 6 rings (SSSR count). The van der Waals surface area contributed by atoms with E-state index in [2.05, 4.69) is 30.9 Å². The number of esters is 1. The van der Waals surface area contributed by atoms with Crippen molar-refractivity contribution in [3.05, 3.63) is 65.2 Å². The number of hydrogen-bond acceptors (Lipinski definition) is 5. The first-order valence-electron chi connectivity index (χ1n) is 15.6. The maximum Gasteiger partial charge on any atom is 0.314 e. The normalized spacial score (nSPS) is 27.3. The number of rotatable bonds is 8. The van der Waals surface area contributed by atoms with Crippen molar-refractivity contribution < 1.29 is 19.1 Å². The van der Waals surface area contributed by atoms with Gasteiger partial charge in [-0.1, -0.05) is 31.1 Å². The Balaban J connectivity index is 1.23. The molecule has 0 spiro atoms. The standard InChI is InChI=1S/C36H43NO4/c1-5-37(6-2)28-13-10-23(11-14-28)12-16-31(38)29-15-17-32(30-18-19-36(3,4)41-34(29)30)40-35(39)33-25-9-7-8-24-20-27(33)22-26(24)21-25/h10-19,24-27,33H,5-9,20-22H2,1-4H3. The first-order valence-corrected chi connectivity index (χ1v) is 15.6. The van der Waals surface area contributed by atoms with Gasteiger partial charge in [-0.05, 0) is 125 Å². The molecule has 4 aliphatic rings. The summed E-state index contributed by atoms with van der Waals surface area (Å²) in [5.41, 5.74) is 2.70. The summed E-state index contributed by atoms with van der Waals surface area (Å²) in [4.78, 5) is 29.4. The van der Waals surface area contributed by atoms with Gasteiger partial charge in [0.15, 0.2) is 5.78 Å². The largest absolute Gasteiger partial charge is 0.482 e. The summed E-state index contributed by atoms with van der Waals surface area (Å²) in [5.74, 6) is 3.19. The minimum Gasteiger partial charge on any atom is -0.482 e. The number of carbonyl (C=O) groups excluding carboxylic acids is 2. The van der Waals surface area contributed by atoms with Gasteiger partial charge in [0.2, 0.25) is 0 Å². The minimum absolute atomic E-state index is 0.0190. The van der Waals surface area contributed by atoms with Crippen molar-refractivity contribution in [1.82, 2.24) is 0 Å². The molecule has 41 heavy (non-hydrogen) atoms. The van der Waals surface area contributed by atoms with Crippen LogP contribution < -0.4 is 14.4 Å². The van der Waals surface area contributed by atoms with Crippen LogP contribution in [0.2, 0.25) is 0 Å². The molecule has 0 N–H and O–H groups in total. The van der Waals surface area contributed by atoms with E-state index in [0.717, 1.165) is 36.9 Å². The Morgan fingerprint density at radius 3 is 2.41 bits per heavy atom. The molecule has 5 unspecified atom stereocenters. The summed E-state index contributed by atoms with van der Waals surface area (Å²) in [6, 6.07) is 11.8. The highest BCUT2D eigenvalue weighted by Crippen LogP contribution is 2.56.